The summed E-state index contributed by atoms with van der Waals surface area (Å²) >= 11 is 0. The zero-order valence-electron chi connectivity index (χ0n) is 27.8. The Morgan fingerprint density at radius 1 is 0.721 bits per heavy atom. The third kappa shape index (κ3) is 7.24. The number of rotatable bonds is 10. The molecule has 0 radical (unpaired) electrons. The van der Waals surface area contributed by atoms with Crippen LogP contribution in [0, 0.1) is 52.3 Å². The second kappa shape index (κ2) is 13.5. The zero-order chi connectivity index (χ0) is 31.7. The summed E-state index contributed by atoms with van der Waals surface area (Å²) in [4.78, 5) is 47.8. The van der Waals surface area contributed by atoms with Gasteiger partial charge in [0.05, 0.1) is 6.61 Å². The first-order valence-electron chi connectivity index (χ1n) is 16.8. The van der Waals surface area contributed by atoms with Crippen LogP contribution in [0.1, 0.15) is 120 Å². The summed E-state index contributed by atoms with van der Waals surface area (Å²) in [6.45, 7) is 15.7. The molecule has 12 atom stereocenters. The fraction of sp³-hybridized carbons (Fsp3) is 0.886. The zero-order valence-corrected chi connectivity index (χ0v) is 27.8. The van der Waals surface area contributed by atoms with E-state index in [2.05, 4.69) is 27.7 Å². The summed E-state index contributed by atoms with van der Waals surface area (Å²) in [6.07, 6.45) is 9.07. The van der Waals surface area contributed by atoms with Crippen molar-refractivity contribution in [2.24, 2.45) is 52.3 Å². The van der Waals surface area contributed by atoms with Gasteiger partial charge in [-0.1, -0.05) is 40.5 Å². The monoisotopic (exact) mass is 604 g/mol. The van der Waals surface area contributed by atoms with E-state index in [1.54, 1.807) is 0 Å². The Labute approximate surface area is 258 Å². The molecule has 0 aromatic heterocycles. The Hall–Kier alpha value is -2.12. The van der Waals surface area contributed by atoms with Crippen molar-refractivity contribution in [3.63, 3.8) is 0 Å². The first-order valence-corrected chi connectivity index (χ1v) is 16.8. The molecule has 0 aromatic carbocycles. The molecule has 4 fully saturated rings. The highest BCUT2D eigenvalue weighted by molar-refractivity contribution is 5.67. The number of hydrogen-bond donors (Lipinski definition) is 0. The Morgan fingerprint density at radius 3 is 1.98 bits per heavy atom. The highest BCUT2D eigenvalue weighted by Gasteiger charge is 2.66. The molecular formula is C35H56O8. The van der Waals surface area contributed by atoms with Crippen LogP contribution in [-0.4, -0.2) is 48.8 Å². The minimum atomic E-state index is -0.241. The molecule has 0 aliphatic heterocycles. The Morgan fingerprint density at radius 2 is 1.35 bits per heavy atom. The van der Waals surface area contributed by atoms with Gasteiger partial charge in [-0.2, -0.15) is 0 Å². The number of esters is 4. The van der Waals surface area contributed by atoms with Crippen LogP contribution in [0.2, 0.25) is 0 Å². The standard InChI is InChI=1S/C35H56O8/c1-20(19-40-22(3)36)10-9-11-21(2)33-31(43-25(6)39)18-29-32-28(13-15-35(29,33)8)34(7)14-12-27(41-23(4)37)16-26(34)17-30(32)42-24(5)38/h20-21,26-33H,9-19H2,1-8H3/t20?,21?,26-,27?,28+,29+,30-,31?,32-,33+,34?,35?/m1/s1. The van der Waals surface area contributed by atoms with E-state index in [1.165, 1.54) is 27.7 Å². The normalized spacial score (nSPS) is 39.7. The molecule has 4 aliphatic rings. The molecule has 0 bridgehead atoms. The van der Waals surface area contributed by atoms with Crippen molar-refractivity contribution in [1.82, 2.24) is 0 Å². The highest BCUT2D eigenvalue weighted by atomic mass is 16.6. The van der Waals surface area contributed by atoms with Crippen LogP contribution in [0.15, 0.2) is 0 Å². The summed E-state index contributed by atoms with van der Waals surface area (Å²) in [5.74, 6) is 1.19. The van der Waals surface area contributed by atoms with Gasteiger partial charge in [0, 0.05) is 39.5 Å². The number of carbonyl (C=O) groups excluding carboxylic acids is 4. The summed E-state index contributed by atoms with van der Waals surface area (Å²) in [7, 11) is 0. The lowest BCUT2D eigenvalue weighted by molar-refractivity contribution is -0.197. The molecule has 0 heterocycles. The maximum Gasteiger partial charge on any atom is 0.302 e. The molecule has 6 unspecified atom stereocenters. The largest absolute Gasteiger partial charge is 0.466 e. The molecule has 0 saturated heterocycles. The highest BCUT2D eigenvalue weighted by Crippen LogP contribution is 2.69. The van der Waals surface area contributed by atoms with Crippen molar-refractivity contribution in [1.29, 1.82) is 0 Å². The molecule has 244 valence electrons. The molecule has 0 spiro atoms. The van der Waals surface area contributed by atoms with Crippen molar-refractivity contribution < 1.29 is 38.1 Å². The van der Waals surface area contributed by atoms with Crippen molar-refractivity contribution >= 4 is 23.9 Å². The predicted molar refractivity (Wildman–Crippen MR) is 161 cm³/mol. The summed E-state index contributed by atoms with van der Waals surface area (Å²) in [5, 5.41) is 0. The van der Waals surface area contributed by atoms with Gasteiger partial charge < -0.3 is 18.9 Å². The van der Waals surface area contributed by atoms with E-state index in [4.69, 9.17) is 18.9 Å². The molecule has 4 rings (SSSR count). The topological polar surface area (TPSA) is 105 Å². The maximum absolute atomic E-state index is 12.5. The molecule has 43 heavy (non-hydrogen) atoms. The van der Waals surface area contributed by atoms with Gasteiger partial charge in [0.15, 0.2) is 0 Å². The second-order valence-electron chi connectivity index (χ2n) is 15.2. The van der Waals surface area contributed by atoms with Gasteiger partial charge in [0.1, 0.15) is 18.3 Å². The third-order valence-electron chi connectivity index (χ3n) is 12.2. The van der Waals surface area contributed by atoms with Crippen LogP contribution in [0.3, 0.4) is 0 Å². The third-order valence-corrected chi connectivity index (χ3v) is 12.2. The number of hydrogen-bond acceptors (Lipinski definition) is 8. The average molecular weight is 605 g/mol. The lowest BCUT2D eigenvalue weighted by atomic mass is 9.43. The van der Waals surface area contributed by atoms with Crippen LogP contribution in [0.5, 0.6) is 0 Å². The van der Waals surface area contributed by atoms with Gasteiger partial charge >= 0.3 is 23.9 Å². The summed E-state index contributed by atoms with van der Waals surface area (Å²) < 4.78 is 23.2. The first-order chi connectivity index (χ1) is 20.2. The van der Waals surface area contributed by atoms with Crippen LogP contribution >= 0.6 is 0 Å². The minimum Gasteiger partial charge on any atom is -0.466 e. The summed E-state index contributed by atoms with van der Waals surface area (Å²) in [5.41, 5.74) is 0.0681. The Kier molecular flexibility index (Phi) is 10.6. The Balaban J connectivity index is 1.57. The van der Waals surface area contributed by atoms with Gasteiger partial charge in [0.25, 0.3) is 0 Å². The van der Waals surface area contributed by atoms with Gasteiger partial charge in [-0.15, -0.1) is 0 Å². The number of ether oxygens (including phenoxy) is 4. The van der Waals surface area contributed by atoms with Crippen LogP contribution < -0.4 is 0 Å². The molecule has 0 aromatic rings. The maximum atomic E-state index is 12.5. The molecule has 4 aliphatic carbocycles. The lowest BCUT2D eigenvalue weighted by Crippen LogP contribution is -2.59. The molecule has 0 N–H and O–H groups in total. The predicted octanol–water partition coefficient (Wildman–Crippen LogP) is 6.67. The van der Waals surface area contributed by atoms with E-state index < -0.39 is 0 Å². The van der Waals surface area contributed by atoms with Crippen LogP contribution in [-0.2, 0) is 38.1 Å². The van der Waals surface area contributed by atoms with E-state index in [9.17, 15) is 19.2 Å². The van der Waals surface area contributed by atoms with Crippen molar-refractivity contribution in [3.05, 3.63) is 0 Å². The lowest BCUT2D eigenvalue weighted by Gasteiger charge is -2.62. The van der Waals surface area contributed by atoms with E-state index in [0.717, 1.165) is 64.2 Å². The fourth-order valence-corrected chi connectivity index (χ4v) is 10.5. The van der Waals surface area contributed by atoms with Gasteiger partial charge in [-0.05, 0) is 91.8 Å². The average Bonchev–Trinajstić information content (AvgIpc) is 3.18. The van der Waals surface area contributed by atoms with Crippen LogP contribution in [0.4, 0.5) is 0 Å². The van der Waals surface area contributed by atoms with Gasteiger partial charge in [-0.3, -0.25) is 19.2 Å². The van der Waals surface area contributed by atoms with Crippen LogP contribution in [0.25, 0.3) is 0 Å². The smallest absolute Gasteiger partial charge is 0.302 e. The number of fused-ring (bicyclic) bond motifs is 5. The SMILES string of the molecule is CC(=O)OCC(C)CCCC(C)[C@H]1C(OC(C)=O)C[C@H]2[C@@H]3[C@H](OC(C)=O)C[C@H]4CC(OC(C)=O)CCC4(C)[C@H]3CCC12C. The molecular weight excluding hydrogens is 548 g/mol. The van der Waals surface area contributed by atoms with Crippen molar-refractivity contribution in [2.75, 3.05) is 6.61 Å². The fourth-order valence-electron chi connectivity index (χ4n) is 10.5. The first kappa shape index (κ1) is 33.8. The number of carbonyl (C=O) groups is 4. The molecule has 0 amide bonds. The minimum absolute atomic E-state index is 0.0272. The van der Waals surface area contributed by atoms with E-state index in [-0.39, 0.29) is 64.9 Å². The molecule has 8 heteroatoms. The summed E-state index contributed by atoms with van der Waals surface area (Å²) in [6, 6.07) is 0. The molecule has 8 nitrogen and oxygen atoms in total. The molecule has 4 saturated carbocycles. The van der Waals surface area contributed by atoms with Gasteiger partial charge in [0.2, 0.25) is 0 Å². The van der Waals surface area contributed by atoms with Crippen molar-refractivity contribution in [3.8, 4) is 0 Å². The van der Waals surface area contributed by atoms with E-state index >= 15 is 0 Å². The van der Waals surface area contributed by atoms with Crippen molar-refractivity contribution in [2.45, 2.75) is 138 Å². The van der Waals surface area contributed by atoms with E-state index in [1.807, 2.05) is 0 Å². The Bertz CT molecular complexity index is 1040. The van der Waals surface area contributed by atoms with Gasteiger partial charge in [-0.25, -0.2) is 0 Å². The quantitative estimate of drug-likeness (QED) is 0.201. The van der Waals surface area contributed by atoms with E-state index in [0.29, 0.717) is 36.2 Å². The second-order valence-corrected chi connectivity index (χ2v) is 15.2.